The van der Waals surface area contributed by atoms with Gasteiger partial charge in [0, 0.05) is 6.20 Å². The second-order valence-electron chi connectivity index (χ2n) is 2.42. The summed E-state index contributed by atoms with van der Waals surface area (Å²) in [6, 6.07) is 0. The minimum Gasteiger partial charge on any atom is -0.289 e. The molecule has 0 unspecified atom stereocenters. The molecule has 64 valence electrons. The number of nitrogen functional groups attached to an aromatic ring is 1. The normalized spacial score (nSPS) is 9.58. The maximum Gasteiger partial charge on any atom is 0.284 e. The number of nitrogens with zero attached hydrogens (tertiary/aromatic N) is 2. The van der Waals surface area contributed by atoms with E-state index in [1.807, 2.05) is 5.43 Å². The van der Waals surface area contributed by atoms with Gasteiger partial charge in [-0.3, -0.25) is 10.2 Å². The van der Waals surface area contributed by atoms with Crippen LogP contribution >= 0.6 is 0 Å². The Labute approximate surface area is 70.0 Å². The molecule has 0 saturated carbocycles. The van der Waals surface area contributed by atoms with Crippen molar-refractivity contribution in [2.45, 2.75) is 13.8 Å². The Hall–Kier alpha value is -1.49. The molecule has 1 rings (SSSR count). The van der Waals surface area contributed by atoms with E-state index in [0.29, 0.717) is 17.1 Å². The van der Waals surface area contributed by atoms with Gasteiger partial charge in [-0.15, -0.1) is 0 Å². The molecule has 5 nitrogen and oxygen atoms in total. The van der Waals surface area contributed by atoms with Crippen LogP contribution in [0.4, 0.5) is 0 Å². The SMILES string of the molecule is Cc1ncc(C)c(C(=O)NN)n1. The second kappa shape index (κ2) is 3.27. The van der Waals surface area contributed by atoms with Gasteiger partial charge in [-0.05, 0) is 19.4 Å². The van der Waals surface area contributed by atoms with Crippen LogP contribution in [0.25, 0.3) is 0 Å². The zero-order chi connectivity index (χ0) is 9.14. The molecule has 0 saturated heterocycles. The molecule has 0 radical (unpaired) electrons. The van der Waals surface area contributed by atoms with Crippen LogP contribution in [-0.2, 0) is 0 Å². The molecule has 12 heavy (non-hydrogen) atoms. The number of amides is 1. The van der Waals surface area contributed by atoms with Crippen LogP contribution in [0.1, 0.15) is 21.9 Å². The van der Waals surface area contributed by atoms with Crippen molar-refractivity contribution >= 4 is 5.91 Å². The Morgan fingerprint density at radius 2 is 2.25 bits per heavy atom. The Morgan fingerprint density at radius 3 is 2.83 bits per heavy atom. The van der Waals surface area contributed by atoms with Gasteiger partial charge >= 0.3 is 0 Å². The van der Waals surface area contributed by atoms with Crippen LogP contribution in [0, 0.1) is 13.8 Å². The zero-order valence-corrected chi connectivity index (χ0v) is 6.96. The van der Waals surface area contributed by atoms with Gasteiger partial charge < -0.3 is 0 Å². The largest absolute Gasteiger partial charge is 0.289 e. The molecule has 0 aliphatic carbocycles. The van der Waals surface area contributed by atoms with Crippen LogP contribution < -0.4 is 11.3 Å². The number of carbonyl (C=O) groups excluding carboxylic acids is 1. The maximum atomic E-state index is 11.1. The van der Waals surface area contributed by atoms with Gasteiger partial charge in [-0.1, -0.05) is 0 Å². The number of hydrogen-bond acceptors (Lipinski definition) is 4. The first-order valence-electron chi connectivity index (χ1n) is 3.46. The topological polar surface area (TPSA) is 80.9 Å². The third-order valence-corrected chi connectivity index (χ3v) is 1.44. The average Bonchev–Trinajstić information content (AvgIpc) is 2.08. The van der Waals surface area contributed by atoms with E-state index >= 15 is 0 Å². The van der Waals surface area contributed by atoms with E-state index in [1.54, 1.807) is 20.0 Å². The van der Waals surface area contributed by atoms with Crippen LogP contribution in [0.3, 0.4) is 0 Å². The van der Waals surface area contributed by atoms with Gasteiger partial charge in [0.25, 0.3) is 5.91 Å². The molecule has 0 aliphatic rings. The van der Waals surface area contributed by atoms with E-state index in [2.05, 4.69) is 9.97 Å². The Morgan fingerprint density at radius 1 is 1.58 bits per heavy atom. The molecule has 1 amide bonds. The smallest absolute Gasteiger partial charge is 0.284 e. The number of carbonyl (C=O) groups is 1. The maximum absolute atomic E-state index is 11.1. The summed E-state index contributed by atoms with van der Waals surface area (Å²) in [6.07, 6.45) is 1.59. The van der Waals surface area contributed by atoms with Gasteiger partial charge in [-0.2, -0.15) is 0 Å². The van der Waals surface area contributed by atoms with Crippen molar-refractivity contribution in [1.82, 2.24) is 15.4 Å². The van der Waals surface area contributed by atoms with Crippen LogP contribution in [0.5, 0.6) is 0 Å². The molecule has 0 aromatic carbocycles. The molecule has 1 aromatic rings. The van der Waals surface area contributed by atoms with Gasteiger partial charge in [0.1, 0.15) is 11.5 Å². The van der Waals surface area contributed by atoms with E-state index in [9.17, 15) is 4.79 Å². The fraction of sp³-hybridized carbons (Fsp3) is 0.286. The van der Waals surface area contributed by atoms with Gasteiger partial charge in [0.2, 0.25) is 0 Å². The van der Waals surface area contributed by atoms with Crippen molar-refractivity contribution in [3.05, 3.63) is 23.3 Å². The summed E-state index contributed by atoms with van der Waals surface area (Å²) in [5.41, 5.74) is 3.06. The first-order chi connectivity index (χ1) is 5.65. The number of hydrazine groups is 1. The fourth-order valence-electron chi connectivity index (χ4n) is 0.828. The van der Waals surface area contributed by atoms with Gasteiger partial charge in [0.05, 0.1) is 0 Å². The van der Waals surface area contributed by atoms with Crippen molar-refractivity contribution < 1.29 is 4.79 Å². The number of nitrogens with one attached hydrogen (secondary N) is 1. The Balaban J connectivity index is 3.13. The zero-order valence-electron chi connectivity index (χ0n) is 6.96. The summed E-state index contributed by atoms with van der Waals surface area (Å²) < 4.78 is 0. The number of nitrogens with two attached hydrogens (primary N) is 1. The molecule has 0 aliphatic heterocycles. The van der Waals surface area contributed by atoms with Gasteiger partial charge in [-0.25, -0.2) is 15.8 Å². The lowest BCUT2D eigenvalue weighted by Gasteiger charge is -2.02. The van der Waals surface area contributed by atoms with E-state index in [4.69, 9.17) is 5.84 Å². The monoisotopic (exact) mass is 166 g/mol. The third kappa shape index (κ3) is 1.57. The standard InChI is InChI=1S/C7H10N4O/c1-4-3-9-5(2)10-6(4)7(12)11-8/h3H,8H2,1-2H3,(H,11,12). The number of aryl methyl sites for hydroxylation is 2. The molecule has 0 fully saturated rings. The summed E-state index contributed by atoms with van der Waals surface area (Å²) >= 11 is 0. The highest BCUT2D eigenvalue weighted by Crippen LogP contribution is 2.02. The van der Waals surface area contributed by atoms with Crippen molar-refractivity contribution in [2.75, 3.05) is 0 Å². The number of aromatic nitrogens is 2. The summed E-state index contributed by atoms with van der Waals surface area (Å²) in [5.74, 6) is 5.13. The molecule has 0 atom stereocenters. The summed E-state index contributed by atoms with van der Waals surface area (Å²) in [7, 11) is 0. The first kappa shape index (κ1) is 8.61. The van der Waals surface area contributed by atoms with Crippen molar-refractivity contribution in [1.29, 1.82) is 0 Å². The summed E-state index contributed by atoms with van der Waals surface area (Å²) in [5, 5.41) is 0. The third-order valence-electron chi connectivity index (χ3n) is 1.44. The van der Waals surface area contributed by atoms with Crippen LogP contribution in [0.2, 0.25) is 0 Å². The van der Waals surface area contributed by atoms with Crippen molar-refractivity contribution in [3.8, 4) is 0 Å². The summed E-state index contributed by atoms with van der Waals surface area (Å²) in [4.78, 5) is 18.9. The van der Waals surface area contributed by atoms with E-state index in [0.717, 1.165) is 0 Å². The summed E-state index contributed by atoms with van der Waals surface area (Å²) in [6.45, 7) is 3.47. The fourth-order valence-corrected chi connectivity index (χ4v) is 0.828. The molecule has 5 heteroatoms. The molecular weight excluding hydrogens is 156 g/mol. The second-order valence-corrected chi connectivity index (χ2v) is 2.42. The molecule has 1 aromatic heterocycles. The Kier molecular flexibility index (Phi) is 2.35. The molecule has 0 bridgehead atoms. The minimum absolute atomic E-state index is 0.324. The Bertz CT molecular complexity index is 310. The predicted octanol–water partition coefficient (Wildman–Crippen LogP) is -0.303. The quantitative estimate of drug-likeness (QED) is 0.341. The van der Waals surface area contributed by atoms with Crippen LogP contribution in [0.15, 0.2) is 6.20 Å². The first-order valence-corrected chi connectivity index (χ1v) is 3.46. The molecular formula is C7H10N4O. The minimum atomic E-state index is -0.391. The van der Waals surface area contributed by atoms with Crippen LogP contribution in [-0.4, -0.2) is 15.9 Å². The molecule has 0 spiro atoms. The van der Waals surface area contributed by atoms with Crippen molar-refractivity contribution in [2.24, 2.45) is 5.84 Å². The number of hydrogen-bond donors (Lipinski definition) is 2. The van der Waals surface area contributed by atoms with Crippen molar-refractivity contribution in [3.63, 3.8) is 0 Å². The lowest BCUT2D eigenvalue weighted by Crippen LogP contribution is -2.31. The highest BCUT2D eigenvalue weighted by atomic mass is 16.2. The van der Waals surface area contributed by atoms with E-state index < -0.39 is 5.91 Å². The lowest BCUT2D eigenvalue weighted by atomic mass is 10.2. The van der Waals surface area contributed by atoms with Gasteiger partial charge in [0.15, 0.2) is 0 Å². The van der Waals surface area contributed by atoms with E-state index in [-0.39, 0.29) is 0 Å². The predicted molar refractivity (Wildman–Crippen MR) is 43.2 cm³/mol. The average molecular weight is 166 g/mol. The lowest BCUT2D eigenvalue weighted by molar-refractivity contribution is 0.0947. The highest BCUT2D eigenvalue weighted by molar-refractivity contribution is 5.93. The molecule has 3 N–H and O–H groups in total. The molecule has 1 heterocycles. The highest BCUT2D eigenvalue weighted by Gasteiger charge is 2.08. The van der Waals surface area contributed by atoms with E-state index in [1.165, 1.54) is 0 Å². The number of rotatable bonds is 1.